The fourth-order valence-electron chi connectivity index (χ4n) is 3.42. The number of unbranched alkanes of at least 4 members (excludes halogenated alkanes) is 1. The molecule has 1 aliphatic heterocycles. The largest absolute Gasteiger partial charge is 0.459 e. The second kappa shape index (κ2) is 10.00. The maximum absolute atomic E-state index is 12.5. The molecule has 3 atom stereocenters. The number of hydrogen-bond acceptors (Lipinski definition) is 5. The van der Waals surface area contributed by atoms with Crippen LogP contribution in [0.4, 0.5) is 0 Å². The van der Waals surface area contributed by atoms with Gasteiger partial charge in [-0.15, -0.1) is 0 Å². The highest BCUT2D eigenvalue weighted by molar-refractivity contribution is 6.00. The lowest BCUT2D eigenvalue weighted by Gasteiger charge is -2.34. The number of esters is 1. The van der Waals surface area contributed by atoms with Crippen LogP contribution in [0.3, 0.4) is 0 Å². The average Bonchev–Trinajstić information content (AvgIpc) is 2.56. The van der Waals surface area contributed by atoms with Crippen molar-refractivity contribution in [2.75, 3.05) is 6.61 Å². The van der Waals surface area contributed by atoms with E-state index in [1.165, 1.54) is 5.56 Å². The van der Waals surface area contributed by atoms with E-state index >= 15 is 0 Å². The molecule has 5 heteroatoms. The maximum Gasteiger partial charge on any atom is 0.318 e. The van der Waals surface area contributed by atoms with E-state index in [1.807, 2.05) is 45.9 Å². The van der Waals surface area contributed by atoms with Gasteiger partial charge in [-0.3, -0.25) is 9.59 Å². The molecule has 27 heavy (non-hydrogen) atoms. The van der Waals surface area contributed by atoms with Crippen molar-refractivity contribution in [3.05, 3.63) is 35.9 Å². The molecule has 1 saturated heterocycles. The van der Waals surface area contributed by atoms with Crippen LogP contribution in [0.2, 0.25) is 0 Å². The molecule has 1 aromatic carbocycles. The van der Waals surface area contributed by atoms with E-state index in [2.05, 4.69) is 17.4 Å². The molecule has 0 aromatic heterocycles. The normalized spacial score (nSPS) is 23.3. The number of carbonyl (C=O) groups is 2. The van der Waals surface area contributed by atoms with Gasteiger partial charge >= 0.3 is 5.97 Å². The Balaban J connectivity index is 1.66. The van der Waals surface area contributed by atoms with Crippen LogP contribution in [-0.4, -0.2) is 36.0 Å². The summed E-state index contributed by atoms with van der Waals surface area (Å²) >= 11 is 0. The van der Waals surface area contributed by atoms with Crippen molar-refractivity contribution in [1.29, 1.82) is 0 Å². The fraction of sp³-hybridized carbons (Fsp3) is 0.636. The molecular formula is C22H33NO4. The summed E-state index contributed by atoms with van der Waals surface area (Å²) in [7, 11) is 0. The molecule has 2 rings (SSSR count). The Morgan fingerprint density at radius 3 is 2.52 bits per heavy atom. The predicted octanol–water partition coefficient (Wildman–Crippen LogP) is 3.65. The van der Waals surface area contributed by atoms with Crippen LogP contribution in [0.25, 0.3) is 0 Å². The van der Waals surface area contributed by atoms with Crippen molar-refractivity contribution in [3.63, 3.8) is 0 Å². The van der Waals surface area contributed by atoms with E-state index in [1.54, 1.807) is 0 Å². The van der Waals surface area contributed by atoms with Gasteiger partial charge in [0.1, 0.15) is 17.3 Å². The number of rotatable bonds is 8. The van der Waals surface area contributed by atoms with Crippen LogP contribution < -0.4 is 5.32 Å². The third-order valence-corrected chi connectivity index (χ3v) is 4.66. The van der Waals surface area contributed by atoms with Gasteiger partial charge in [0.25, 0.3) is 0 Å². The SMILES string of the molecule is C[C@H]1N[C@@H](CCCCOCc2ccccc2)CC(=O)[C@@H]1C(=O)OC(C)(C)C. The molecule has 0 bridgehead atoms. The summed E-state index contributed by atoms with van der Waals surface area (Å²) in [4.78, 5) is 24.8. The number of hydrogen-bond donors (Lipinski definition) is 1. The van der Waals surface area contributed by atoms with Gasteiger partial charge in [0.15, 0.2) is 0 Å². The number of ether oxygens (including phenoxy) is 2. The Bertz CT molecular complexity index is 608. The molecule has 5 nitrogen and oxygen atoms in total. The lowest BCUT2D eigenvalue weighted by Crippen LogP contribution is -2.54. The van der Waals surface area contributed by atoms with Gasteiger partial charge in [-0.2, -0.15) is 0 Å². The molecule has 0 unspecified atom stereocenters. The number of benzene rings is 1. The molecule has 1 fully saturated rings. The first kappa shape index (κ1) is 21.6. The first-order chi connectivity index (χ1) is 12.8. The summed E-state index contributed by atoms with van der Waals surface area (Å²) in [5, 5.41) is 3.42. The smallest absolute Gasteiger partial charge is 0.318 e. The van der Waals surface area contributed by atoms with Crippen molar-refractivity contribution in [2.24, 2.45) is 5.92 Å². The number of piperidine rings is 1. The summed E-state index contributed by atoms with van der Waals surface area (Å²) in [5.74, 6) is -1.13. The summed E-state index contributed by atoms with van der Waals surface area (Å²) in [5.41, 5.74) is 0.604. The Hall–Kier alpha value is -1.72. The molecule has 150 valence electrons. The summed E-state index contributed by atoms with van der Waals surface area (Å²) in [6.45, 7) is 8.69. The van der Waals surface area contributed by atoms with Gasteiger partial charge in [-0.25, -0.2) is 0 Å². The van der Waals surface area contributed by atoms with Gasteiger partial charge in [0.05, 0.1) is 6.61 Å². The van der Waals surface area contributed by atoms with Crippen LogP contribution >= 0.6 is 0 Å². The zero-order valence-electron chi connectivity index (χ0n) is 17.0. The molecule has 0 radical (unpaired) electrons. The standard InChI is InChI=1S/C22H33NO4/c1-16-20(21(25)27-22(2,3)4)19(24)14-18(23-16)12-8-9-13-26-15-17-10-6-5-7-11-17/h5-7,10-11,16,18,20,23H,8-9,12-15H2,1-4H3/t16-,18+,20-/m1/s1. The Morgan fingerprint density at radius 2 is 1.89 bits per heavy atom. The highest BCUT2D eigenvalue weighted by Gasteiger charge is 2.40. The lowest BCUT2D eigenvalue weighted by molar-refractivity contribution is -0.164. The quantitative estimate of drug-likeness (QED) is 0.427. The molecule has 0 saturated carbocycles. The first-order valence-corrected chi connectivity index (χ1v) is 9.89. The van der Waals surface area contributed by atoms with Gasteiger partial charge in [-0.1, -0.05) is 30.3 Å². The van der Waals surface area contributed by atoms with Crippen LogP contribution in [-0.2, 0) is 25.7 Å². The number of Topliss-reactive ketones (excluding diaryl/α,β-unsaturated/α-hetero) is 1. The molecule has 1 heterocycles. The number of nitrogens with one attached hydrogen (secondary N) is 1. The zero-order chi connectivity index (χ0) is 19.9. The lowest BCUT2D eigenvalue weighted by atomic mass is 9.85. The molecule has 0 amide bonds. The monoisotopic (exact) mass is 375 g/mol. The molecule has 1 aromatic rings. The minimum Gasteiger partial charge on any atom is -0.459 e. The van der Waals surface area contributed by atoms with Gasteiger partial charge < -0.3 is 14.8 Å². The van der Waals surface area contributed by atoms with Crippen LogP contribution in [0.5, 0.6) is 0 Å². The zero-order valence-corrected chi connectivity index (χ0v) is 17.0. The number of carbonyl (C=O) groups excluding carboxylic acids is 2. The maximum atomic E-state index is 12.5. The topological polar surface area (TPSA) is 64.6 Å². The van der Waals surface area contributed by atoms with Gasteiger partial charge in [-0.05, 0) is 52.5 Å². The molecule has 1 N–H and O–H groups in total. The van der Waals surface area contributed by atoms with E-state index in [0.717, 1.165) is 19.3 Å². The van der Waals surface area contributed by atoms with E-state index in [4.69, 9.17) is 9.47 Å². The van der Waals surface area contributed by atoms with Gasteiger partial charge in [0, 0.05) is 25.1 Å². The van der Waals surface area contributed by atoms with Crippen LogP contribution in [0.15, 0.2) is 30.3 Å². The second-order valence-corrected chi connectivity index (χ2v) is 8.37. The van der Waals surface area contributed by atoms with Crippen LogP contribution in [0, 0.1) is 5.92 Å². The fourth-order valence-corrected chi connectivity index (χ4v) is 3.42. The second-order valence-electron chi connectivity index (χ2n) is 8.37. The van der Waals surface area contributed by atoms with E-state index < -0.39 is 17.5 Å². The van der Waals surface area contributed by atoms with E-state index in [9.17, 15) is 9.59 Å². The van der Waals surface area contributed by atoms with Crippen LogP contribution in [0.1, 0.15) is 58.9 Å². The molecule has 1 aliphatic rings. The van der Waals surface area contributed by atoms with Crippen molar-refractivity contribution in [3.8, 4) is 0 Å². The predicted molar refractivity (Wildman–Crippen MR) is 105 cm³/mol. The van der Waals surface area contributed by atoms with Crippen molar-refractivity contribution >= 4 is 11.8 Å². The van der Waals surface area contributed by atoms with Crippen molar-refractivity contribution < 1.29 is 19.1 Å². The van der Waals surface area contributed by atoms with E-state index in [-0.39, 0.29) is 17.9 Å². The Kier molecular flexibility index (Phi) is 7.99. The first-order valence-electron chi connectivity index (χ1n) is 9.89. The average molecular weight is 376 g/mol. The minimum absolute atomic E-state index is 0.0131. The van der Waals surface area contributed by atoms with E-state index in [0.29, 0.717) is 19.6 Å². The van der Waals surface area contributed by atoms with Crippen molar-refractivity contribution in [2.45, 2.75) is 77.7 Å². The third-order valence-electron chi connectivity index (χ3n) is 4.66. The molecule has 0 spiro atoms. The highest BCUT2D eigenvalue weighted by atomic mass is 16.6. The summed E-state index contributed by atoms with van der Waals surface area (Å²) in [6.07, 6.45) is 3.25. The molecule has 0 aliphatic carbocycles. The third kappa shape index (κ3) is 7.43. The molecular weight excluding hydrogens is 342 g/mol. The van der Waals surface area contributed by atoms with Gasteiger partial charge in [0.2, 0.25) is 0 Å². The summed E-state index contributed by atoms with van der Waals surface area (Å²) < 4.78 is 11.1. The number of ketones is 1. The Labute approximate surface area is 162 Å². The highest BCUT2D eigenvalue weighted by Crippen LogP contribution is 2.23. The minimum atomic E-state index is -0.699. The summed E-state index contributed by atoms with van der Waals surface area (Å²) in [6, 6.07) is 10.1. The Morgan fingerprint density at radius 1 is 1.19 bits per heavy atom. The van der Waals surface area contributed by atoms with Crippen molar-refractivity contribution in [1.82, 2.24) is 5.32 Å².